The molecule has 0 saturated heterocycles. The zero-order chi connectivity index (χ0) is 18.4. The fraction of sp³-hybridized carbons (Fsp3) is 0.222. The molecular weight excluding hydrogens is 390 g/mol. The van der Waals surface area contributed by atoms with E-state index in [4.69, 9.17) is 14.2 Å². The number of nitrogens with one attached hydrogen (secondary N) is 1. The zero-order valence-corrected chi connectivity index (χ0v) is 15.6. The smallest absolute Gasteiger partial charge is 0.265 e. The molecular formula is C18H18BrNO5. The van der Waals surface area contributed by atoms with E-state index in [0.717, 1.165) is 0 Å². The minimum Gasteiger partial charge on any atom is -0.497 e. The van der Waals surface area contributed by atoms with Crippen LogP contribution in [0, 0.1) is 0 Å². The van der Waals surface area contributed by atoms with E-state index < -0.39 is 6.10 Å². The second kappa shape index (κ2) is 8.53. The monoisotopic (exact) mass is 407 g/mol. The average molecular weight is 408 g/mol. The molecule has 25 heavy (non-hydrogen) atoms. The maximum Gasteiger partial charge on any atom is 0.265 e. The zero-order valence-electron chi connectivity index (χ0n) is 14.0. The normalized spacial score (nSPS) is 11.4. The van der Waals surface area contributed by atoms with Crippen LogP contribution in [0.2, 0.25) is 0 Å². The molecule has 0 radical (unpaired) electrons. The number of carbonyl (C=O) groups is 2. The number of halogens is 1. The van der Waals surface area contributed by atoms with Crippen molar-refractivity contribution < 1.29 is 23.8 Å². The number of methoxy groups -OCH3 is 2. The van der Waals surface area contributed by atoms with Crippen LogP contribution in [-0.4, -0.2) is 32.5 Å². The highest BCUT2D eigenvalue weighted by atomic mass is 79.9. The first kappa shape index (κ1) is 18.8. The van der Waals surface area contributed by atoms with Crippen LogP contribution >= 0.6 is 15.9 Å². The summed E-state index contributed by atoms with van der Waals surface area (Å²) < 4.78 is 16.6. The maximum absolute atomic E-state index is 12.3. The second-order valence-electron chi connectivity index (χ2n) is 5.12. The molecule has 0 aliphatic heterocycles. The van der Waals surface area contributed by atoms with Gasteiger partial charge in [-0.15, -0.1) is 0 Å². The minimum absolute atomic E-state index is 0.310. The highest BCUT2D eigenvalue weighted by Crippen LogP contribution is 2.33. The molecule has 0 aromatic heterocycles. The summed E-state index contributed by atoms with van der Waals surface area (Å²) in [4.78, 5) is 23.4. The first-order chi connectivity index (χ1) is 12.0. The van der Waals surface area contributed by atoms with Crippen LogP contribution in [0.25, 0.3) is 0 Å². The van der Waals surface area contributed by atoms with Gasteiger partial charge >= 0.3 is 0 Å². The lowest BCUT2D eigenvalue weighted by Gasteiger charge is -2.17. The van der Waals surface area contributed by atoms with Crippen LogP contribution in [0.4, 0.5) is 5.69 Å². The Morgan fingerprint density at radius 2 is 1.80 bits per heavy atom. The number of rotatable bonds is 7. The summed E-state index contributed by atoms with van der Waals surface area (Å²) in [5, 5.41) is 2.75. The Labute approximate surface area is 154 Å². The van der Waals surface area contributed by atoms with Gasteiger partial charge in [-0.2, -0.15) is 0 Å². The third-order valence-electron chi connectivity index (χ3n) is 3.44. The third-order valence-corrected chi connectivity index (χ3v) is 4.13. The average Bonchev–Trinajstić information content (AvgIpc) is 2.63. The Hall–Kier alpha value is -2.54. The summed E-state index contributed by atoms with van der Waals surface area (Å²) in [7, 11) is 3.06. The molecule has 0 heterocycles. The number of hydrogen-bond acceptors (Lipinski definition) is 5. The predicted octanol–water partition coefficient (Wildman–Crippen LogP) is 3.68. The van der Waals surface area contributed by atoms with E-state index in [1.165, 1.54) is 13.2 Å². The Morgan fingerprint density at radius 1 is 1.12 bits per heavy atom. The molecule has 2 rings (SSSR count). The number of hydrogen-bond donors (Lipinski definition) is 1. The van der Waals surface area contributed by atoms with Crippen LogP contribution < -0.4 is 19.5 Å². The van der Waals surface area contributed by atoms with Crippen LogP contribution in [0.15, 0.2) is 40.9 Å². The molecule has 1 N–H and O–H groups in total. The van der Waals surface area contributed by atoms with E-state index in [1.54, 1.807) is 44.4 Å². The van der Waals surface area contributed by atoms with Crippen LogP contribution in [0.1, 0.15) is 17.3 Å². The van der Waals surface area contributed by atoms with E-state index in [2.05, 4.69) is 21.2 Å². The summed E-state index contributed by atoms with van der Waals surface area (Å²) in [6, 6.07) is 10.1. The van der Waals surface area contributed by atoms with Gasteiger partial charge in [0.2, 0.25) is 0 Å². The van der Waals surface area contributed by atoms with Crippen molar-refractivity contribution in [2.45, 2.75) is 13.0 Å². The summed E-state index contributed by atoms with van der Waals surface area (Å²) in [6.07, 6.45) is -0.102. The summed E-state index contributed by atoms with van der Waals surface area (Å²) in [6.45, 7) is 1.61. The lowest BCUT2D eigenvalue weighted by molar-refractivity contribution is -0.122. The van der Waals surface area contributed by atoms with Gasteiger partial charge < -0.3 is 19.5 Å². The van der Waals surface area contributed by atoms with E-state index in [9.17, 15) is 9.59 Å². The van der Waals surface area contributed by atoms with E-state index in [0.29, 0.717) is 39.3 Å². The summed E-state index contributed by atoms with van der Waals surface area (Å²) >= 11 is 3.28. The summed E-state index contributed by atoms with van der Waals surface area (Å²) in [5.74, 6) is 1.10. The topological polar surface area (TPSA) is 73.9 Å². The molecule has 0 aliphatic carbocycles. The molecule has 1 amide bonds. The molecule has 0 spiro atoms. The molecule has 2 aromatic rings. The molecule has 2 aromatic carbocycles. The first-order valence-corrected chi connectivity index (χ1v) is 8.22. The number of ether oxygens (including phenoxy) is 3. The van der Waals surface area contributed by atoms with E-state index >= 15 is 0 Å². The standard InChI is InChI=1S/C18H18BrNO5/c1-11(18(22)20-13-4-6-14(23-2)7-5-13)25-17-8-12(10-21)15(19)9-16(17)24-3/h4-11H,1-3H3,(H,20,22)/t11-/m1/s1. The lowest BCUT2D eigenvalue weighted by Crippen LogP contribution is -2.30. The molecule has 132 valence electrons. The van der Waals surface area contributed by atoms with Gasteiger partial charge in [-0.25, -0.2) is 0 Å². The quantitative estimate of drug-likeness (QED) is 0.708. The van der Waals surface area contributed by atoms with Crippen LogP contribution in [0.3, 0.4) is 0 Å². The first-order valence-electron chi connectivity index (χ1n) is 7.42. The number of carbonyl (C=O) groups excluding carboxylic acids is 2. The van der Waals surface area contributed by atoms with Crippen molar-refractivity contribution in [1.82, 2.24) is 0 Å². The van der Waals surface area contributed by atoms with Crippen molar-refractivity contribution in [2.24, 2.45) is 0 Å². The lowest BCUT2D eigenvalue weighted by atomic mass is 10.2. The van der Waals surface area contributed by atoms with Crippen LogP contribution in [-0.2, 0) is 4.79 Å². The largest absolute Gasteiger partial charge is 0.497 e. The van der Waals surface area contributed by atoms with Crippen molar-refractivity contribution in [3.8, 4) is 17.2 Å². The third kappa shape index (κ3) is 4.73. The van der Waals surface area contributed by atoms with Crippen molar-refractivity contribution >= 4 is 33.8 Å². The van der Waals surface area contributed by atoms with Gasteiger partial charge in [0.25, 0.3) is 5.91 Å². The van der Waals surface area contributed by atoms with E-state index in [1.807, 2.05) is 0 Å². The number of anilines is 1. The Kier molecular flexibility index (Phi) is 6.41. The minimum atomic E-state index is -0.795. The molecule has 0 bridgehead atoms. The van der Waals surface area contributed by atoms with Crippen molar-refractivity contribution in [1.29, 1.82) is 0 Å². The molecule has 0 aliphatic rings. The Bertz CT molecular complexity index is 761. The van der Waals surface area contributed by atoms with E-state index in [-0.39, 0.29) is 5.91 Å². The molecule has 0 unspecified atom stereocenters. The van der Waals surface area contributed by atoms with Gasteiger partial charge in [0, 0.05) is 15.7 Å². The number of amides is 1. The van der Waals surface area contributed by atoms with Gasteiger partial charge in [-0.1, -0.05) is 0 Å². The predicted molar refractivity (Wildman–Crippen MR) is 97.8 cm³/mol. The highest BCUT2D eigenvalue weighted by Gasteiger charge is 2.18. The van der Waals surface area contributed by atoms with Crippen LogP contribution in [0.5, 0.6) is 17.2 Å². The Morgan fingerprint density at radius 3 is 2.36 bits per heavy atom. The second-order valence-corrected chi connectivity index (χ2v) is 5.97. The van der Waals surface area contributed by atoms with Gasteiger partial charge in [0.15, 0.2) is 23.9 Å². The van der Waals surface area contributed by atoms with Crippen molar-refractivity contribution in [3.05, 3.63) is 46.4 Å². The highest BCUT2D eigenvalue weighted by molar-refractivity contribution is 9.10. The van der Waals surface area contributed by atoms with Gasteiger partial charge in [0.05, 0.1) is 14.2 Å². The summed E-state index contributed by atoms with van der Waals surface area (Å²) in [5.41, 5.74) is 1.02. The molecule has 6 nitrogen and oxygen atoms in total. The fourth-order valence-electron chi connectivity index (χ4n) is 2.06. The van der Waals surface area contributed by atoms with Gasteiger partial charge in [-0.05, 0) is 59.3 Å². The maximum atomic E-state index is 12.3. The molecule has 1 atom stereocenters. The SMILES string of the molecule is COc1ccc(NC(=O)[C@@H](C)Oc2cc(C=O)c(Br)cc2OC)cc1. The van der Waals surface area contributed by atoms with Crippen molar-refractivity contribution in [3.63, 3.8) is 0 Å². The molecule has 7 heteroatoms. The molecule has 0 saturated carbocycles. The Balaban J connectivity index is 2.11. The molecule has 0 fully saturated rings. The van der Waals surface area contributed by atoms with Crippen molar-refractivity contribution in [2.75, 3.05) is 19.5 Å². The number of aldehydes is 1. The number of benzene rings is 2. The van der Waals surface area contributed by atoms with Gasteiger partial charge in [0.1, 0.15) is 5.75 Å². The fourth-order valence-corrected chi connectivity index (χ4v) is 2.47. The van der Waals surface area contributed by atoms with Gasteiger partial charge in [-0.3, -0.25) is 9.59 Å².